The Kier molecular flexibility index (Phi) is 2.11. The molecular weight excluding hydrogens is 142 g/mol. The molecule has 0 amide bonds. The lowest BCUT2D eigenvalue weighted by molar-refractivity contribution is -0.0795. The second-order valence-corrected chi connectivity index (χ2v) is 3.46. The third-order valence-corrected chi connectivity index (χ3v) is 2.64. The molecule has 0 aromatic heterocycles. The highest BCUT2D eigenvalue weighted by Gasteiger charge is 2.28. The number of hydrogen-bond acceptors (Lipinski definition) is 3. The van der Waals surface area contributed by atoms with Crippen molar-refractivity contribution in [2.75, 3.05) is 26.3 Å². The van der Waals surface area contributed by atoms with Gasteiger partial charge in [0, 0.05) is 13.1 Å². The molecule has 2 aliphatic rings. The van der Waals surface area contributed by atoms with Gasteiger partial charge < -0.3 is 9.84 Å². The fourth-order valence-corrected chi connectivity index (χ4v) is 1.69. The summed E-state index contributed by atoms with van der Waals surface area (Å²) in [7, 11) is 0. The molecule has 0 aromatic carbocycles. The third-order valence-electron chi connectivity index (χ3n) is 2.64. The van der Waals surface area contributed by atoms with Crippen molar-refractivity contribution in [3.05, 3.63) is 0 Å². The van der Waals surface area contributed by atoms with Crippen LogP contribution in [0.25, 0.3) is 0 Å². The quantitative estimate of drug-likeness (QED) is 0.574. The molecule has 1 N–H and O–H groups in total. The van der Waals surface area contributed by atoms with Gasteiger partial charge in [0.25, 0.3) is 0 Å². The fourth-order valence-electron chi connectivity index (χ4n) is 1.69. The predicted molar refractivity (Wildman–Crippen MR) is 41.4 cm³/mol. The highest BCUT2D eigenvalue weighted by molar-refractivity contribution is 4.81. The van der Waals surface area contributed by atoms with Gasteiger partial charge in [0.05, 0.1) is 25.4 Å². The van der Waals surface area contributed by atoms with Gasteiger partial charge in [-0.3, -0.25) is 4.90 Å². The van der Waals surface area contributed by atoms with Crippen LogP contribution in [0.2, 0.25) is 0 Å². The molecule has 3 heteroatoms. The van der Waals surface area contributed by atoms with Crippen molar-refractivity contribution in [2.24, 2.45) is 0 Å². The standard InChI is InChI=1S/C8H15NO2/c10-8-1-3-9(4-2-8)7-5-11-6-7/h7-8,10H,1-6H2. The van der Waals surface area contributed by atoms with Crippen molar-refractivity contribution < 1.29 is 9.84 Å². The summed E-state index contributed by atoms with van der Waals surface area (Å²) in [5.74, 6) is 0. The smallest absolute Gasteiger partial charge is 0.0645 e. The van der Waals surface area contributed by atoms with Crippen LogP contribution < -0.4 is 0 Å². The zero-order valence-corrected chi connectivity index (χ0v) is 6.70. The molecule has 64 valence electrons. The number of likely N-dealkylation sites (tertiary alicyclic amines) is 1. The van der Waals surface area contributed by atoms with Crippen LogP contribution in [0, 0.1) is 0 Å². The van der Waals surface area contributed by atoms with Crippen LogP contribution >= 0.6 is 0 Å². The molecule has 2 heterocycles. The van der Waals surface area contributed by atoms with Crippen LogP contribution in [-0.4, -0.2) is 48.5 Å². The monoisotopic (exact) mass is 157 g/mol. The highest BCUT2D eigenvalue weighted by Crippen LogP contribution is 2.17. The van der Waals surface area contributed by atoms with E-state index in [0.717, 1.165) is 39.1 Å². The molecule has 0 radical (unpaired) electrons. The molecule has 2 rings (SSSR count). The van der Waals surface area contributed by atoms with Crippen molar-refractivity contribution in [1.29, 1.82) is 0 Å². The number of nitrogens with zero attached hydrogens (tertiary/aromatic N) is 1. The van der Waals surface area contributed by atoms with E-state index in [-0.39, 0.29) is 6.10 Å². The zero-order chi connectivity index (χ0) is 7.68. The van der Waals surface area contributed by atoms with Gasteiger partial charge in [-0.25, -0.2) is 0 Å². The van der Waals surface area contributed by atoms with Gasteiger partial charge in [0.1, 0.15) is 0 Å². The van der Waals surface area contributed by atoms with Crippen LogP contribution in [0.1, 0.15) is 12.8 Å². The average Bonchev–Trinajstić information content (AvgIpc) is 1.90. The number of aliphatic hydroxyl groups excluding tert-OH is 1. The summed E-state index contributed by atoms with van der Waals surface area (Å²) in [6.45, 7) is 3.90. The summed E-state index contributed by atoms with van der Waals surface area (Å²) < 4.78 is 5.11. The molecule has 2 saturated heterocycles. The minimum absolute atomic E-state index is 0.0488. The molecule has 2 fully saturated rings. The Labute approximate surface area is 66.9 Å². The minimum atomic E-state index is -0.0488. The molecule has 0 spiro atoms. The van der Waals surface area contributed by atoms with Crippen LogP contribution in [0.15, 0.2) is 0 Å². The SMILES string of the molecule is OC1CCN(C2COC2)CC1. The van der Waals surface area contributed by atoms with E-state index in [4.69, 9.17) is 4.74 Å². The zero-order valence-electron chi connectivity index (χ0n) is 6.70. The summed E-state index contributed by atoms with van der Waals surface area (Å²) in [6, 6.07) is 0.655. The highest BCUT2D eigenvalue weighted by atomic mass is 16.5. The normalized spacial score (nSPS) is 30.3. The summed E-state index contributed by atoms with van der Waals surface area (Å²) in [6.07, 6.45) is 1.83. The van der Waals surface area contributed by atoms with Crippen LogP contribution in [0.4, 0.5) is 0 Å². The van der Waals surface area contributed by atoms with E-state index in [1.807, 2.05) is 0 Å². The number of rotatable bonds is 1. The Balaban J connectivity index is 1.77. The van der Waals surface area contributed by atoms with E-state index >= 15 is 0 Å². The molecule has 11 heavy (non-hydrogen) atoms. The minimum Gasteiger partial charge on any atom is -0.393 e. The Hall–Kier alpha value is -0.120. The Morgan fingerprint density at radius 3 is 2.27 bits per heavy atom. The van der Waals surface area contributed by atoms with Gasteiger partial charge in [0.2, 0.25) is 0 Å². The third kappa shape index (κ3) is 1.55. The van der Waals surface area contributed by atoms with E-state index in [2.05, 4.69) is 4.90 Å². The molecular formula is C8H15NO2. The van der Waals surface area contributed by atoms with Crippen molar-refractivity contribution in [3.8, 4) is 0 Å². The molecule has 0 bridgehead atoms. The number of piperidine rings is 1. The van der Waals surface area contributed by atoms with Crippen molar-refractivity contribution >= 4 is 0 Å². The van der Waals surface area contributed by atoms with Crippen molar-refractivity contribution in [2.45, 2.75) is 25.0 Å². The maximum Gasteiger partial charge on any atom is 0.0645 e. The molecule has 0 unspecified atom stereocenters. The van der Waals surface area contributed by atoms with Crippen LogP contribution in [-0.2, 0) is 4.74 Å². The van der Waals surface area contributed by atoms with Crippen molar-refractivity contribution in [3.63, 3.8) is 0 Å². The van der Waals surface area contributed by atoms with Crippen molar-refractivity contribution in [1.82, 2.24) is 4.90 Å². The number of aliphatic hydroxyl groups is 1. The Morgan fingerprint density at radius 2 is 1.82 bits per heavy atom. The number of hydrogen-bond donors (Lipinski definition) is 1. The van der Waals surface area contributed by atoms with Gasteiger partial charge in [0.15, 0.2) is 0 Å². The molecule has 2 aliphatic heterocycles. The van der Waals surface area contributed by atoms with Crippen LogP contribution in [0.3, 0.4) is 0 Å². The lowest BCUT2D eigenvalue weighted by atomic mass is 10.1. The van der Waals surface area contributed by atoms with E-state index in [9.17, 15) is 5.11 Å². The Morgan fingerprint density at radius 1 is 1.18 bits per heavy atom. The number of ether oxygens (including phenoxy) is 1. The van der Waals surface area contributed by atoms with Gasteiger partial charge in [-0.2, -0.15) is 0 Å². The van der Waals surface area contributed by atoms with Gasteiger partial charge in [-0.15, -0.1) is 0 Å². The first-order chi connectivity index (χ1) is 5.36. The molecule has 0 aliphatic carbocycles. The topological polar surface area (TPSA) is 32.7 Å². The average molecular weight is 157 g/mol. The molecule has 3 nitrogen and oxygen atoms in total. The summed E-state index contributed by atoms with van der Waals surface area (Å²) in [4.78, 5) is 2.43. The second kappa shape index (κ2) is 3.09. The summed E-state index contributed by atoms with van der Waals surface area (Å²) in [5.41, 5.74) is 0. The van der Waals surface area contributed by atoms with Gasteiger partial charge in [-0.05, 0) is 12.8 Å². The predicted octanol–water partition coefficient (Wildman–Crippen LogP) is -0.158. The van der Waals surface area contributed by atoms with E-state index < -0.39 is 0 Å². The van der Waals surface area contributed by atoms with Gasteiger partial charge >= 0.3 is 0 Å². The van der Waals surface area contributed by atoms with Gasteiger partial charge in [-0.1, -0.05) is 0 Å². The molecule has 0 aromatic rings. The van der Waals surface area contributed by atoms with E-state index in [1.54, 1.807) is 0 Å². The lowest BCUT2D eigenvalue weighted by Gasteiger charge is -2.40. The Bertz CT molecular complexity index is 128. The molecule has 0 atom stereocenters. The second-order valence-electron chi connectivity index (χ2n) is 3.46. The first-order valence-corrected chi connectivity index (χ1v) is 4.36. The molecule has 0 saturated carbocycles. The summed E-state index contributed by atoms with van der Waals surface area (Å²) in [5, 5.41) is 9.24. The maximum atomic E-state index is 9.24. The van der Waals surface area contributed by atoms with E-state index in [1.165, 1.54) is 0 Å². The first kappa shape index (κ1) is 7.53. The van der Waals surface area contributed by atoms with Crippen LogP contribution in [0.5, 0.6) is 0 Å². The maximum absolute atomic E-state index is 9.24. The fraction of sp³-hybridized carbons (Fsp3) is 1.00. The largest absolute Gasteiger partial charge is 0.393 e. The van der Waals surface area contributed by atoms with E-state index in [0.29, 0.717) is 6.04 Å². The summed E-state index contributed by atoms with van der Waals surface area (Å²) >= 11 is 0. The lowest BCUT2D eigenvalue weighted by Crippen LogP contribution is -2.52. The first-order valence-electron chi connectivity index (χ1n) is 4.36.